The Kier molecular flexibility index (Phi) is 16.1. The first-order chi connectivity index (χ1) is 9.31. The Balaban J connectivity index is 3.05. The number of unbranched alkanes of at least 4 members (excludes halogenated alkanes) is 11. The van der Waals surface area contributed by atoms with Crippen molar-refractivity contribution in [2.24, 2.45) is 5.92 Å². The molecule has 0 saturated heterocycles. The molecule has 19 heavy (non-hydrogen) atoms. The predicted molar refractivity (Wildman–Crippen MR) is 89.5 cm³/mol. The van der Waals surface area contributed by atoms with Crippen LogP contribution in [0, 0.1) is 12.8 Å². The summed E-state index contributed by atoms with van der Waals surface area (Å²) >= 11 is 0. The molecule has 1 radical (unpaired) electrons. The minimum atomic E-state index is 0.723. The van der Waals surface area contributed by atoms with E-state index in [9.17, 15) is 0 Å². The van der Waals surface area contributed by atoms with Gasteiger partial charge in [-0.25, -0.2) is 0 Å². The van der Waals surface area contributed by atoms with Crippen molar-refractivity contribution in [2.45, 2.75) is 110 Å². The van der Waals surface area contributed by atoms with E-state index in [1.807, 2.05) is 0 Å². The summed E-state index contributed by atoms with van der Waals surface area (Å²) in [5, 5.41) is 0. The number of hydrogen-bond donors (Lipinski definition) is 0. The van der Waals surface area contributed by atoms with Crippen molar-refractivity contribution in [3.8, 4) is 0 Å². The molecular formula is C19H39. The van der Waals surface area contributed by atoms with Gasteiger partial charge < -0.3 is 0 Å². The molecule has 0 aliphatic rings. The molecule has 0 heterocycles. The summed E-state index contributed by atoms with van der Waals surface area (Å²) < 4.78 is 0. The average Bonchev–Trinajstić information content (AvgIpc) is 2.41. The van der Waals surface area contributed by atoms with Gasteiger partial charge in [-0.2, -0.15) is 0 Å². The van der Waals surface area contributed by atoms with Gasteiger partial charge in [-0.1, -0.05) is 117 Å². The van der Waals surface area contributed by atoms with Crippen LogP contribution in [0.1, 0.15) is 110 Å². The van der Waals surface area contributed by atoms with Crippen molar-refractivity contribution >= 4 is 0 Å². The second kappa shape index (κ2) is 16.1. The highest BCUT2D eigenvalue weighted by atomic mass is 14.1. The van der Waals surface area contributed by atoms with Gasteiger partial charge in [-0.05, 0) is 5.92 Å². The summed E-state index contributed by atoms with van der Waals surface area (Å²) in [7, 11) is 0. The van der Waals surface area contributed by atoms with Crippen LogP contribution in [0.2, 0.25) is 0 Å². The monoisotopic (exact) mass is 267 g/mol. The van der Waals surface area contributed by atoms with Gasteiger partial charge in [-0.15, -0.1) is 0 Å². The Morgan fingerprint density at radius 1 is 0.526 bits per heavy atom. The first-order valence-electron chi connectivity index (χ1n) is 9.14. The van der Waals surface area contributed by atoms with E-state index >= 15 is 0 Å². The lowest BCUT2D eigenvalue weighted by Gasteiger charge is -2.10. The Labute approximate surface area is 123 Å². The maximum absolute atomic E-state index is 4.29. The van der Waals surface area contributed by atoms with Crippen LogP contribution in [-0.4, -0.2) is 0 Å². The molecule has 0 aromatic rings. The van der Waals surface area contributed by atoms with Gasteiger partial charge in [0.05, 0.1) is 0 Å². The summed E-state index contributed by atoms with van der Waals surface area (Å²) in [5.41, 5.74) is 0. The van der Waals surface area contributed by atoms with Crippen LogP contribution in [0.15, 0.2) is 0 Å². The fraction of sp³-hybridized carbons (Fsp3) is 0.947. The first kappa shape index (κ1) is 19.0. The highest BCUT2D eigenvalue weighted by molar-refractivity contribution is 4.61. The van der Waals surface area contributed by atoms with Crippen LogP contribution < -0.4 is 0 Å². The summed E-state index contributed by atoms with van der Waals surface area (Å²) in [6.45, 7) is 8.85. The summed E-state index contributed by atoms with van der Waals surface area (Å²) in [4.78, 5) is 0. The lowest BCUT2D eigenvalue weighted by Crippen LogP contribution is -1.95. The highest BCUT2D eigenvalue weighted by Crippen LogP contribution is 2.17. The van der Waals surface area contributed by atoms with E-state index in [1.165, 1.54) is 96.3 Å². The van der Waals surface area contributed by atoms with E-state index in [2.05, 4.69) is 20.8 Å². The maximum Gasteiger partial charge on any atom is -0.0414 e. The number of hydrogen-bond acceptors (Lipinski definition) is 0. The van der Waals surface area contributed by atoms with Gasteiger partial charge in [0, 0.05) is 0 Å². The van der Waals surface area contributed by atoms with Crippen molar-refractivity contribution in [1.29, 1.82) is 0 Å². The van der Waals surface area contributed by atoms with Crippen LogP contribution in [0.4, 0.5) is 0 Å². The molecule has 0 fully saturated rings. The largest absolute Gasteiger partial charge is 0.0654 e. The molecule has 0 aliphatic carbocycles. The van der Waals surface area contributed by atoms with E-state index in [0.717, 1.165) is 5.92 Å². The second-order valence-electron chi connectivity index (χ2n) is 6.33. The van der Waals surface area contributed by atoms with Gasteiger partial charge in [-0.3, -0.25) is 0 Å². The minimum Gasteiger partial charge on any atom is -0.0654 e. The Morgan fingerprint density at radius 3 is 1.32 bits per heavy atom. The van der Waals surface area contributed by atoms with Gasteiger partial charge in [0.2, 0.25) is 0 Å². The molecule has 0 aromatic carbocycles. The summed E-state index contributed by atoms with van der Waals surface area (Å²) in [6, 6.07) is 0. The molecule has 0 spiro atoms. The zero-order valence-electron chi connectivity index (χ0n) is 13.9. The summed E-state index contributed by atoms with van der Waals surface area (Å²) in [5.74, 6) is 0.723. The molecule has 0 N–H and O–H groups in total. The average molecular weight is 268 g/mol. The van der Waals surface area contributed by atoms with Gasteiger partial charge in [0.15, 0.2) is 0 Å². The van der Waals surface area contributed by atoms with Crippen LogP contribution in [-0.2, 0) is 0 Å². The third kappa shape index (κ3) is 15.9. The zero-order chi connectivity index (χ0) is 14.2. The fourth-order valence-electron chi connectivity index (χ4n) is 2.75. The normalized spacial score (nSPS) is 12.8. The van der Waals surface area contributed by atoms with Crippen molar-refractivity contribution in [3.63, 3.8) is 0 Å². The predicted octanol–water partition coefficient (Wildman–Crippen LogP) is 7.33. The molecule has 0 bridgehead atoms. The van der Waals surface area contributed by atoms with E-state index in [4.69, 9.17) is 0 Å². The smallest absolute Gasteiger partial charge is 0.0414 e. The van der Waals surface area contributed by atoms with Crippen LogP contribution in [0.3, 0.4) is 0 Å². The third-order valence-electron chi connectivity index (χ3n) is 4.18. The lowest BCUT2D eigenvalue weighted by atomic mass is 9.96. The lowest BCUT2D eigenvalue weighted by molar-refractivity contribution is 0.467. The topological polar surface area (TPSA) is 0 Å². The maximum atomic E-state index is 4.29. The Bertz CT molecular complexity index is 150. The van der Waals surface area contributed by atoms with Crippen molar-refractivity contribution < 1.29 is 0 Å². The van der Waals surface area contributed by atoms with Crippen molar-refractivity contribution in [3.05, 3.63) is 6.92 Å². The van der Waals surface area contributed by atoms with Crippen LogP contribution >= 0.6 is 0 Å². The molecule has 0 amide bonds. The van der Waals surface area contributed by atoms with Crippen molar-refractivity contribution in [1.82, 2.24) is 0 Å². The summed E-state index contributed by atoms with van der Waals surface area (Å²) in [6.07, 6.45) is 21.3. The van der Waals surface area contributed by atoms with Crippen LogP contribution in [0.25, 0.3) is 0 Å². The van der Waals surface area contributed by atoms with Gasteiger partial charge in [0.1, 0.15) is 0 Å². The molecule has 0 aromatic heterocycles. The number of rotatable bonds is 15. The van der Waals surface area contributed by atoms with E-state index in [1.54, 1.807) is 0 Å². The Hall–Kier alpha value is 0. The quantitative estimate of drug-likeness (QED) is 0.272. The molecule has 1 unspecified atom stereocenters. The molecular weight excluding hydrogens is 228 g/mol. The van der Waals surface area contributed by atoms with E-state index in [0.29, 0.717) is 0 Å². The molecule has 115 valence electrons. The minimum absolute atomic E-state index is 0.723. The van der Waals surface area contributed by atoms with Gasteiger partial charge in [0.25, 0.3) is 0 Å². The van der Waals surface area contributed by atoms with Crippen molar-refractivity contribution in [2.75, 3.05) is 0 Å². The van der Waals surface area contributed by atoms with E-state index < -0.39 is 0 Å². The first-order valence-corrected chi connectivity index (χ1v) is 9.14. The SMILES string of the molecule is [CH2]C(CCCCC)CCCCCCCCCCCC. The third-order valence-corrected chi connectivity index (χ3v) is 4.18. The second-order valence-corrected chi connectivity index (χ2v) is 6.33. The highest BCUT2D eigenvalue weighted by Gasteiger charge is 2.01. The zero-order valence-corrected chi connectivity index (χ0v) is 13.9. The van der Waals surface area contributed by atoms with E-state index in [-0.39, 0.29) is 0 Å². The standard InChI is InChI=1S/C19H39/c1-4-6-8-9-10-11-12-13-14-16-18-19(3)17-15-7-5-2/h19H,3-18H2,1-2H3. The molecule has 0 nitrogen and oxygen atoms in total. The molecule has 0 heteroatoms. The van der Waals surface area contributed by atoms with Gasteiger partial charge >= 0.3 is 0 Å². The molecule has 0 saturated carbocycles. The molecule has 0 rings (SSSR count). The fourth-order valence-corrected chi connectivity index (χ4v) is 2.75. The van der Waals surface area contributed by atoms with Crippen LogP contribution in [0.5, 0.6) is 0 Å². The molecule has 1 atom stereocenters. The Morgan fingerprint density at radius 2 is 0.842 bits per heavy atom. The molecule has 0 aliphatic heterocycles.